The average Bonchev–Trinajstić information content (AvgIpc) is 3.05. The Labute approximate surface area is 207 Å². The number of nitrogen functional groups attached to an aromatic ring is 1. The first-order valence-corrected chi connectivity index (χ1v) is 10.3. The van der Waals surface area contributed by atoms with Crippen molar-refractivity contribution in [1.82, 2.24) is 19.9 Å². The van der Waals surface area contributed by atoms with Crippen LogP contribution in [0.1, 0.15) is 50.7 Å². The molecule has 0 aliphatic heterocycles. The number of nitrogens with one attached hydrogen (secondary N) is 1. The number of hydrogen-bond acceptors (Lipinski definition) is 7. The van der Waals surface area contributed by atoms with Gasteiger partial charge in [0.05, 0.1) is 24.3 Å². The number of anilines is 1. The van der Waals surface area contributed by atoms with Crippen molar-refractivity contribution in [3.8, 4) is 0 Å². The van der Waals surface area contributed by atoms with Crippen LogP contribution in [0.25, 0.3) is 17.1 Å². The van der Waals surface area contributed by atoms with Gasteiger partial charge in [0, 0.05) is 35.5 Å². The number of imidazole rings is 1. The van der Waals surface area contributed by atoms with Gasteiger partial charge in [0.1, 0.15) is 16.9 Å². The van der Waals surface area contributed by atoms with E-state index >= 15 is 0 Å². The standard InChI is InChI=1S/C20H28N5O2.C2H6N.Np/c1-5-16(26)27-20(3,4)12-25-15(11-22-6-2)24-17-18(25)13-9-7-8-10-14(13)23-19(17)21;1-2-3;/h7,9,22H,1,5-6,8,10-12H2,2-4H3,(H2,21,23);1-3H2;/q2*-1;. The zero-order chi connectivity index (χ0) is 22.3. The van der Waals surface area contributed by atoms with Gasteiger partial charge in [-0.1, -0.05) is 25.5 Å². The first kappa shape index (κ1) is 27.6. The number of aromatic nitrogens is 3. The molecule has 31 heavy (non-hydrogen) atoms. The van der Waals surface area contributed by atoms with Crippen LogP contribution in [0, 0.1) is 43.8 Å². The van der Waals surface area contributed by atoms with Gasteiger partial charge >= 0.3 is 0 Å². The van der Waals surface area contributed by atoms with Gasteiger partial charge in [0.25, 0.3) is 5.97 Å². The summed E-state index contributed by atoms with van der Waals surface area (Å²) in [5.41, 5.74) is 14.0. The zero-order valence-electron chi connectivity index (χ0n) is 18.8. The fraction of sp³-hybridized carbons (Fsp3) is 0.500. The molecule has 5 N–H and O–H groups in total. The zero-order valence-corrected chi connectivity index (χ0v) is 22.5. The molecule has 1 radical (unpaired) electrons. The molecule has 0 saturated heterocycles. The number of nitrogens with zero attached hydrogens (tertiary/aromatic N) is 3. The number of nitrogens with two attached hydrogens (primary N) is 2. The Morgan fingerprint density at radius 2 is 2.03 bits per heavy atom. The second-order valence-corrected chi connectivity index (χ2v) is 7.66. The maximum absolute atomic E-state index is 11.8. The van der Waals surface area contributed by atoms with E-state index < -0.39 is 5.60 Å². The van der Waals surface area contributed by atoms with Gasteiger partial charge in [0.2, 0.25) is 0 Å². The molecule has 2 heterocycles. The minimum atomic E-state index is -0.702. The van der Waals surface area contributed by atoms with Crippen LogP contribution >= 0.6 is 0 Å². The number of carbonyl (C=O) groups excluding carboxylic acids is 1. The summed E-state index contributed by atoms with van der Waals surface area (Å²) in [6, 6.07) is 0. The number of ether oxygens (including phenoxy) is 1. The van der Waals surface area contributed by atoms with Crippen molar-refractivity contribution in [3.05, 3.63) is 37.0 Å². The molecule has 0 spiro atoms. The van der Waals surface area contributed by atoms with Crippen molar-refractivity contribution < 1.29 is 39.5 Å². The first-order valence-electron chi connectivity index (χ1n) is 10.3. The number of pyridine rings is 1. The number of allylic oxidation sites excluding steroid dienone is 1. The summed E-state index contributed by atoms with van der Waals surface area (Å²) in [6.45, 7) is 15.1. The van der Waals surface area contributed by atoms with Crippen molar-refractivity contribution in [3.63, 3.8) is 0 Å². The van der Waals surface area contributed by atoms with Crippen LogP contribution in [0.5, 0.6) is 0 Å². The van der Waals surface area contributed by atoms with Crippen molar-refractivity contribution in [2.45, 2.75) is 58.7 Å². The summed E-state index contributed by atoms with van der Waals surface area (Å²) in [6.07, 6.45) is 6.16. The molecule has 0 atom stereocenters. The molecule has 0 aromatic carbocycles. The second-order valence-electron chi connectivity index (χ2n) is 7.66. The predicted molar refractivity (Wildman–Crippen MR) is 121 cm³/mol. The molecule has 0 bridgehead atoms. The minimum Gasteiger partial charge on any atom is -0.460 e. The van der Waals surface area contributed by atoms with Crippen LogP contribution < -0.4 is 16.8 Å². The maximum atomic E-state index is 11.8. The van der Waals surface area contributed by atoms with E-state index in [1.54, 1.807) is 0 Å². The molecule has 171 valence electrons. The monoisotopic (exact) mass is 650 g/mol. The summed E-state index contributed by atoms with van der Waals surface area (Å²) < 4.78 is 7.72. The van der Waals surface area contributed by atoms with E-state index in [9.17, 15) is 4.79 Å². The smallest absolute Gasteiger partial charge is 0.275 e. The van der Waals surface area contributed by atoms with Crippen molar-refractivity contribution in [2.75, 3.05) is 18.8 Å². The topological polar surface area (TPSA) is 121 Å². The second kappa shape index (κ2) is 12.6. The summed E-state index contributed by atoms with van der Waals surface area (Å²) >= 11 is 0. The number of aryl methyl sites for hydroxylation is 1. The van der Waals surface area contributed by atoms with E-state index in [-0.39, 0.29) is 42.3 Å². The molecule has 8 nitrogen and oxygen atoms in total. The van der Waals surface area contributed by atoms with E-state index in [0.717, 1.165) is 42.0 Å². The molecular weight excluding hydrogens is 617 g/mol. The van der Waals surface area contributed by atoms with E-state index in [4.69, 9.17) is 21.2 Å². The van der Waals surface area contributed by atoms with Crippen molar-refractivity contribution in [2.24, 2.45) is 5.73 Å². The van der Waals surface area contributed by atoms with Crippen LogP contribution in [0.2, 0.25) is 0 Å². The van der Waals surface area contributed by atoms with E-state index in [1.165, 1.54) is 0 Å². The third-order valence-corrected chi connectivity index (χ3v) is 4.61. The van der Waals surface area contributed by atoms with Crippen LogP contribution in [-0.4, -0.2) is 39.2 Å². The Hall–Kier alpha value is -1.44. The summed E-state index contributed by atoms with van der Waals surface area (Å²) in [4.78, 5) is 21.1. The van der Waals surface area contributed by atoms with Crippen LogP contribution in [0.4, 0.5) is 5.82 Å². The van der Waals surface area contributed by atoms with E-state index in [0.29, 0.717) is 31.0 Å². The molecule has 3 rings (SSSR count). The van der Waals surface area contributed by atoms with Gasteiger partial charge < -0.3 is 39.9 Å². The van der Waals surface area contributed by atoms with E-state index in [2.05, 4.69) is 40.9 Å². The van der Waals surface area contributed by atoms with Gasteiger partial charge in [-0.3, -0.25) is 4.79 Å². The average molecular weight is 652 g/mol. The molecule has 2 aromatic heterocycles. The third-order valence-electron chi connectivity index (χ3n) is 4.61. The summed E-state index contributed by atoms with van der Waals surface area (Å²) in [7, 11) is 0. The Morgan fingerprint density at radius 1 is 1.35 bits per heavy atom. The Kier molecular flexibility index (Phi) is 11.2. The SMILES string of the molecule is [CH2-]CC(=O)OC(C)(C)Cn1c(CNCC)nc2c(N)nc3c(c21)C=CCC3.[CH2-]CN.[Np]. The van der Waals surface area contributed by atoms with Gasteiger partial charge in [-0.25, -0.2) is 9.97 Å². The number of carbonyl (C=O) groups is 1. The Bertz CT molecular complexity index is 907. The fourth-order valence-corrected chi connectivity index (χ4v) is 3.45. The molecule has 0 unspecified atom stereocenters. The first-order chi connectivity index (χ1) is 14.3. The largest absolute Gasteiger partial charge is 0.460 e. The number of fused-ring (bicyclic) bond motifs is 3. The summed E-state index contributed by atoms with van der Waals surface area (Å²) in [5, 5.41) is 3.32. The number of hydrogen-bond donors (Lipinski definition) is 3. The van der Waals surface area contributed by atoms with Crippen LogP contribution in [0.15, 0.2) is 6.08 Å². The quantitative estimate of drug-likeness (QED) is 0.311. The summed E-state index contributed by atoms with van der Waals surface area (Å²) in [5.74, 6) is 0.982. The fourth-order valence-electron chi connectivity index (χ4n) is 3.45. The normalized spacial score (nSPS) is 12.6. The Balaban J connectivity index is 0.00000113. The molecule has 0 saturated carbocycles. The van der Waals surface area contributed by atoms with Gasteiger partial charge in [-0.05, 0) is 33.2 Å². The number of rotatable bonds is 7. The van der Waals surface area contributed by atoms with Crippen LogP contribution in [0.3, 0.4) is 0 Å². The molecule has 0 fully saturated rings. The van der Waals surface area contributed by atoms with Crippen LogP contribution in [-0.2, 0) is 29.0 Å². The molecule has 9 heteroatoms. The molecule has 1 aliphatic rings. The molecule has 1 aliphatic carbocycles. The van der Waals surface area contributed by atoms with E-state index in [1.807, 2.05) is 20.8 Å². The predicted octanol–water partition coefficient (Wildman–Crippen LogP) is 2.41. The number of esters is 1. The van der Waals surface area contributed by atoms with Gasteiger partial charge in [-0.15, -0.1) is 6.54 Å². The third kappa shape index (κ3) is 7.02. The Morgan fingerprint density at radius 3 is 2.65 bits per heavy atom. The maximum Gasteiger partial charge on any atom is 0.275 e. The van der Waals surface area contributed by atoms with Crippen molar-refractivity contribution in [1.29, 1.82) is 0 Å². The van der Waals surface area contributed by atoms with Gasteiger partial charge in [-0.2, -0.15) is 0 Å². The molecule has 0 amide bonds. The molecular formula is C22H34N6NpO2-2. The minimum absolute atomic E-state index is 0. The van der Waals surface area contributed by atoms with Crippen molar-refractivity contribution >= 4 is 28.9 Å². The molecule has 2 aromatic rings. The van der Waals surface area contributed by atoms with Gasteiger partial charge in [0.15, 0.2) is 5.82 Å².